The van der Waals surface area contributed by atoms with Crippen molar-refractivity contribution in [3.8, 4) is 0 Å². The lowest BCUT2D eigenvalue weighted by Crippen LogP contribution is -2.24. The Kier molecular flexibility index (Phi) is 7.70. The van der Waals surface area contributed by atoms with E-state index in [9.17, 15) is 0 Å². The fourth-order valence-electron chi connectivity index (χ4n) is 2.70. The molecule has 24 heavy (non-hydrogen) atoms. The lowest BCUT2D eigenvalue weighted by Gasteiger charge is -2.25. The van der Waals surface area contributed by atoms with Crippen molar-refractivity contribution in [3.05, 3.63) is 108 Å². The van der Waals surface area contributed by atoms with Crippen molar-refractivity contribution in [2.24, 2.45) is 0 Å². The van der Waals surface area contributed by atoms with Gasteiger partial charge in [-0.1, -0.05) is 107 Å². The van der Waals surface area contributed by atoms with Crippen molar-refractivity contribution in [2.75, 3.05) is 0 Å². The van der Waals surface area contributed by atoms with Crippen LogP contribution in [0.25, 0.3) is 0 Å². The van der Waals surface area contributed by atoms with Crippen LogP contribution in [0.3, 0.4) is 0 Å². The van der Waals surface area contributed by atoms with Crippen molar-refractivity contribution < 1.29 is 0 Å². The van der Waals surface area contributed by atoms with Crippen LogP contribution in [0.1, 0.15) is 27.6 Å². The molecule has 0 aliphatic rings. The summed E-state index contributed by atoms with van der Waals surface area (Å²) >= 11 is 3.90. The van der Waals surface area contributed by atoms with Gasteiger partial charge in [0.25, 0.3) is 0 Å². The topological polar surface area (TPSA) is 12.0 Å². The Hall–Kier alpha value is -1.42. The molecule has 0 saturated heterocycles. The first kappa shape index (κ1) is 18.9. The highest BCUT2D eigenvalue weighted by atomic mass is 79.9. The highest BCUT2D eigenvalue weighted by molar-refractivity contribution is 9.09. The highest BCUT2D eigenvalue weighted by Gasteiger charge is 2.21. The predicted molar refractivity (Wildman–Crippen MR) is 111 cm³/mol. The fraction of sp³-hybridized carbons (Fsp3) is 0.143. The molecular weight excluding hydrogens is 426 g/mol. The van der Waals surface area contributed by atoms with E-state index in [1.807, 2.05) is 0 Å². The maximum absolute atomic E-state index is 3.90. The summed E-state index contributed by atoms with van der Waals surface area (Å²) in [5, 5.41) is 3.70. The highest BCUT2D eigenvalue weighted by Crippen LogP contribution is 2.36. The molecule has 1 N–H and O–H groups in total. The summed E-state index contributed by atoms with van der Waals surface area (Å²) in [4.78, 5) is 0.217. The van der Waals surface area contributed by atoms with Gasteiger partial charge in [0.15, 0.2) is 0 Å². The van der Waals surface area contributed by atoms with E-state index in [0.29, 0.717) is 0 Å². The minimum Gasteiger partial charge on any atom is -0.305 e. The summed E-state index contributed by atoms with van der Waals surface area (Å²) in [5.41, 5.74) is 3.86. The second-order valence-corrected chi connectivity index (χ2v) is 6.55. The number of nitrogens with one attached hydrogen (secondary N) is 1. The standard InChI is InChI=1S/C21H20BrN.BrH/c22-20(18-12-6-2-7-13-18)21(19-14-8-3-9-15-19)23-16-17-10-4-1-5-11-17;/h1-15,20-21,23H,16H2;1H/t20-,21-;/m1./s1. The normalized spacial score (nSPS) is 12.9. The molecule has 0 radical (unpaired) electrons. The number of halogens is 2. The Balaban J connectivity index is 0.00000208. The molecule has 0 saturated carbocycles. The van der Waals surface area contributed by atoms with Crippen molar-refractivity contribution in [1.29, 1.82) is 0 Å². The van der Waals surface area contributed by atoms with Crippen molar-refractivity contribution in [1.82, 2.24) is 5.32 Å². The number of benzene rings is 3. The Bertz CT molecular complexity index is 702. The molecule has 0 aliphatic carbocycles. The largest absolute Gasteiger partial charge is 0.305 e. The van der Waals surface area contributed by atoms with Crippen molar-refractivity contribution in [3.63, 3.8) is 0 Å². The SMILES string of the molecule is Br.Br[C@H](c1ccccc1)[C@H](NCc1ccccc1)c1ccccc1. The molecule has 0 amide bonds. The van der Waals surface area contributed by atoms with Gasteiger partial charge in [0.1, 0.15) is 0 Å². The lowest BCUT2D eigenvalue weighted by molar-refractivity contribution is 0.527. The number of hydrogen-bond acceptors (Lipinski definition) is 1. The average Bonchev–Trinajstić information content (AvgIpc) is 2.64. The van der Waals surface area contributed by atoms with Gasteiger partial charge in [0.2, 0.25) is 0 Å². The fourth-order valence-corrected chi connectivity index (χ4v) is 3.50. The minimum atomic E-state index is 0. The first-order chi connectivity index (χ1) is 11.3. The molecule has 0 fully saturated rings. The van der Waals surface area contributed by atoms with Crippen LogP contribution in [-0.2, 0) is 6.54 Å². The average molecular weight is 447 g/mol. The Morgan fingerprint density at radius 1 is 0.667 bits per heavy atom. The number of hydrogen-bond donors (Lipinski definition) is 1. The quantitative estimate of drug-likeness (QED) is 0.442. The molecule has 3 aromatic carbocycles. The number of alkyl halides is 1. The van der Waals surface area contributed by atoms with E-state index < -0.39 is 0 Å². The molecule has 0 aromatic heterocycles. The maximum atomic E-state index is 3.90. The Morgan fingerprint density at radius 3 is 1.67 bits per heavy atom. The lowest BCUT2D eigenvalue weighted by atomic mass is 9.98. The predicted octanol–water partition coefficient (Wildman–Crippen LogP) is 6.23. The van der Waals surface area contributed by atoms with E-state index in [0.717, 1.165) is 6.54 Å². The van der Waals surface area contributed by atoms with Gasteiger partial charge >= 0.3 is 0 Å². The zero-order valence-corrected chi connectivity index (χ0v) is 16.6. The molecule has 3 aromatic rings. The van der Waals surface area contributed by atoms with E-state index in [2.05, 4.69) is 112 Å². The third-order valence-corrected chi connectivity index (χ3v) is 5.00. The van der Waals surface area contributed by atoms with Gasteiger partial charge in [0.05, 0.1) is 4.83 Å². The molecule has 3 heteroatoms. The monoisotopic (exact) mass is 445 g/mol. The molecule has 0 heterocycles. The molecule has 0 unspecified atom stereocenters. The Morgan fingerprint density at radius 2 is 1.12 bits per heavy atom. The summed E-state index contributed by atoms with van der Waals surface area (Å²) in [6.45, 7) is 0.843. The van der Waals surface area contributed by atoms with Crippen LogP contribution in [0.4, 0.5) is 0 Å². The van der Waals surface area contributed by atoms with Crippen LogP contribution < -0.4 is 5.32 Å². The minimum absolute atomic E-state index is 0. The van der Waals surface area contributed by atoms with Gasteiger partial charge < -0.3 is 5.32 Å². The first-order valence-corrected chi connectivity index (χ1v) is 8.77. The van der Waals surface area contributed by atoms with Gasteiger partial charge in [-0.3, -0.25) is 0 Å². The maximum Gasteiger partial charge on any atom is 0.0590 e. The van der Waals surface area contributed by atoms with Crippen LogP contribution in [0.15, 0.2) is 91.0 Å². The van der Waals surface area contributed by atoms with Crippen molar-refractivity contribution in [2.45, 2.75) is 17.4 Å². The zero-order chi connectivity index (χ0) is 15.9. The second kappa shape index (κ2) is 9.77. The summed E-state index contributed by atoms with van der Waals surface area (Å²) in [6.07, 6.45) is 0. The molecule has 124 valence electrons. The molecule has 3 rings (SSSR count). The van der Waals surface area contributed by atoms with Gasteiger partial charge in [-0.25, -0.2) is 0 Å². The van der Waals surface area contributed by atoms with E-state index in [4.69, 9.17) is 0 Å². The van der Waals surface area contributed by atoms with Crippen molar-refractivity contribution >= 4 is 32.9 Å². The summed E-state index contributed by atoms with van der Waals surface area (Å²) in [6, 6.07) is 31.9. The smallest absolute Gasteiger partial charge is 0.0590 e. The molecule has 0 bridgehead atoms. The molecular formula is C21H21Br2N. The molecule has 1 nitrogen and oxygen atoms in total. The number of rotatable bonds is 6. The molecule has 0 spiro atoms. The van der Waals surface area contributed by atoms with E-state index in [-0.39, 0.29) is 27.9 Å². The molecule has 0 aliphatic heterocycles. The van der Waals surface area contributed by atoms with Gasteiger partial charge in [-0.2, -0.15) is 0 Å². The van der Waals surface area contributed by atoms with Crippen LogP contribution in [0.5, 0.6) is 0 Å². The van der Waals surface area contributed by atoms with Crippen LogP contribution >= 0.6 is 32.9 Å². The second-order valence-electron chi connectivity index (χ2n) is 5.57. The summed E-state index contributed by atoms with van der Waals surface area (Å²) in [7, 11) is 0. The zero-order valence-electron chi connectivity index (χ0n) is 13.3. The molecule has 2 atom stereocenters. The van der Waals surface area contributed by atoms with Crippen LogP contribution in [0, 0.1) is 0 Å². The summed E-state index contributed by atoms with van der Waals surface area (Å²) in [5.74, 6) is 0. The first-order valence-electron chi connectivity index (χ1n) is 7.86. The van der Waals surface area contributed by atoms with E-state index in [1.165, 1.54) is 16.7 Å². The van der Waals surface area contributed by atoms with Gasteiger partial charge in [-0.05, 0) is 16.7 Å². The van der Waals surface area contributed by atoms with E-state index in [1.54, 1.807) is 0 Å². The van der Waals surface area contributed by atoms with E-state index >= 15 is 0 Å². The third-order valence-electron chi connectivity index (χ3n) is 3.94. The van der Waals surface area contributed by atoms with Crippen LogP contribution in [-0.4, -0.2) is 0 Å². The van der Waals surface area contributed by atoms with Gasteiger partial charge in [0, 0.05) is 12.6 Å². The Labute approximate surface area is 163 Å². The van der Waals surface area contributed by atoms with Gasteiger partial charge in [-0.15, -0.1) is 17.0 Å². The third kappa shape index (κ3) is 5.04. The summed E-state index contributed by atoms with van der Waals surface area (Å²) < 4.78 is 0. The van der Waals surface area contributed by atoms with Crippen LogP contribution in [0.2, 0.25) is 0 Å².